The summed E-state index contributed by atoms with van der Waals surface area (Å²) in [6.45, 7) is 0. The van der Waals surface area contributed by atoms with E-state index in [1.54, 1.807) is 35.1 Å². The minimum absolute atomic E-state index is 0.111. The van der Waals surface area contributed by atoms with Crippen molar-refractivity contribution in [2.24, 2.45) is 5.10 Å². The Balaban J connectivity index is 2.17. The Morgan fingerprint density at radius 3 is 2.54 bits per heavy atom. The highest BCUT2D eigenvalue weighted by Gasteiger charge is 2.41. The number of thiophene rings is 1. The number of carbonyl (C=O) groups excluding carboxylic acids is 2. The number of ketones is 1. The van der Waals surface area contributed by atoms with Crippen molar-refractivity contribution in [1.82, 2.24) is 5.43 Å². The van der Waals surface area contributed by atoms with E-state index >= 15 is 0 Å². The van der Waals surface area contributed by atoms with Gasteiger partial charge in [0.15, 0.2) is 5.78 Å². The van der Waals surface area contributed by atoms with E-state index in [0.717, 1.165) is 0 Å². The van der Waals surface area contributed by atoms with Crippen LogP contribution in [0.3, 0.4) is 0 Å². The van der Waals surface area contributed by atoms with Crippen LogP contribution in [0.4, 0.5) is 13.2 Å². The zero-order valence-corrected chi connectivity index (χ0v) is 14.3. The lowest BCUT2D eigenvalue weighted by Gasteiger charge is -2.09. The lowest BCUT2D eigenvalue weighted by molar-refractivity contribution is -0.116. The Morgan fingerprint density at radius 2 is 1.96 bits per heavy atom. The van der Waals surface area contributed by atoms with Gasteiger partial charge < -0.3 is 0 Å². The van der Waals surface area contributed by atoms with Gasteiger partial charge in [0.1, 0.15) is 0 Å². The Labute approximate surface area is 147 Å². The maximum absolute atomic E-state index is 13.0. The van der Waals surface area contributed by atoms with E-state index < -0.39 is 30.0 Å². The number of Topliss-reactive ketones (excluding diaryl/α,β-unsaturated/α-hetero) is 1. The maximum atomic E-state index is 13.0. The van der Waals surface area contributed by atoms with Gasteiger partial charge in [-0.3, -0.25) is 9.59 Å². The van der Waals surface area contributed by atoms with Gasteiger partial charge in [0.05, 0.1) is 0 Å². The minimum atomic E-state index is -4.96. The molecule has 24 heavy (non-hydrogen) atoms. The number of hydrogen-bond acceptors (Lipinski definition) is 4. The van der Waals surface area contributed by atoms with E-state index in [1.807, 2.05) is 0 Å². The molecule has 0 saturated carbocycles. The van der Waals surface area contributed by atoms with Crippen LogP contribution in [0.5, 0.6) is 0 Å². The van der Waals surface area contributed by atoms with E-state index in [1.165, 1.54) is 23.5 Å². The molecule has 0 saturated heterocycles. The summed E-state index contributed by atoms with van der Waals surface area (Å²) >= 11 is 4.32. The fourth-order valence-electron chi connectivity index (χ4n) is 1.74. The van der Waals surface area contributed by atoms with Crippen molar-refractivity contribution in [2.75, 3.05) is 0 Å². The van der Waals surface area contributed by atoms with Crippen molar-refractivity contribution in [2.45, 2.75) is 12.6 Å². The predicted octanol–water partition coefficient (Wildman–Crippen LogP) is 3.97. The average molecular weight is 419 g/mol. The first kappa shape index (κ1) is 18.3. The summed E-state index contributed by atoms with van der Waals surface area (Å²) in [5.74, 6) is -2.05. The highest BCUT2D eigenvalue weighted by Crippen LogP contribution is 2.20. The lowest BCUT2D eigenvalue weighted by Crippen LogP contribution is -2.35. The number of alkyl halides is 3. The predicted molar refractivity (Wildman–Crippen MR) is 88.1 cm³/mol. The first-order valence-corrected chi connectivity index (χ1v) is 8.21. The molecule has 0 atom stereocenters. The molecule has 2 aromatic rings. The lowest BCUT2D eigenvalue weighted by atomic mass is 10.1. The second-order valence-corrected chi connectivity index (χ2v) is 6.54. The van der Waals surface area contributed by atoms with E-state index in [4.69, 9.17) is 0 Å². The fourth-order valence-corrected chi connectivity index (χ4v) is 2.84. The van der Waals surface area contributed by atoms with Crippen LogP contribution < -0.4 is 5.43 Å². The first-order valence-electron chi connectivity index (χ1n) is 6.54. The first-order chi connectivity index (χ1) is 11.3. The summed E-state index contributed by atoms with van der Waals surface area (Å²) in [5, 5.41) is 4.67. The van der Waals surface area contributed by atoms with Crippen molar-refractivity contribution in [1.29, 1.82) is 0 Å². The third kappa shape index (κ3) is 5.00. The van der Waals surface area contributed by atoms with Gasteiger partial charge in [-0.05, 0) is 29.6 Å². The molecule has 9 heteroatoms. The second kappa shape index (κ2) is 7.71. The van der Waals surface area contributed by atoms with Crippen LogP contribution in [0.25, 0.3) is 0 Å². The number of hydrazone groups is 1. The molecule has 2 rings (SSSR count). The van der Waals surface area contributed by atoms with Crippen molar-refractivity contribution < 1.29 is 22.8 Å². The number of carbonyl (C=O) groups is 2. The van der Waals surface area contributed by atoms with Gasteiger partial charge in [-0.1, -0.05) is 28.1 Å². The molecule has 0 aliphatic rings. The summed E-state index contributed by atoms with van der Waals surface area (Å²) in [6.07, 6.45) is -5.39. The summed E-state index contributed by atoms with van der Waals surface area (Å²) in [6, 6.07) is 9.23. The normalized spacial score (nSPS) is 12.1. The number of nitrogens with zero attached hydrogens (tertiary/aromatic N) is 1. The number of rotatable bonds is 5. The Bertz CT molecular complexity index is 773. The molecule has 1 aromatic carbocycles. The molecule has 0 unspecified atom stereocenters. The molecular weight excluding hydrogens is 409 g/mol. The number of halogens is 4. The number of amides is 1. The molecule has 1 amide bonds. The van der Waals surface area contributed by atoms with Crippen LogP contribution in [0.2, 0.25) is 0 Å². The number of benzene rings is 1. The van der Waals surface area contributed by atoms with Crippen LogP contribution in [-0.2, 0) is 11.2 Å². The van der Waals surface area contributed by atoms with Gasteiger partial charge in [-0.25, -0.2) is 5.43 Å². The third-order valence-electron chi connectivity index (χ3n) is 2.80. The molecule has 126 valence electrons. The maximum Gasteiger partial charge on any atom is 0.438 e. The summed E-state index contributed by atoms with van der Waals surface area (Å²) < 4.78 is 39.6. The molecular formula is C15H10BrF3N2O2S. The molecule has 0 spiro atoms. The largest absolute Gasteiger partial charge is 0.438 e. The van der Waals surface area contributed by atoms with Crippen LogP contribution in [-0.4, -0.2) is 23.6 Å². The SMILES string of the molecule is O=C(Cc1cccs1)/C(=N/NC(=O)c1cccc(Br)c1)C(F)(F)F. The summed E-state index contributed by atoms with van der Waals surface area (Å²) in [4.78, 5) is 24.2. The average Bonchev–Trinajstić information content (AvgIpc) is 2.98. The van der Waals surface area contributed by atoms with Crippen LogP contribution >= 0.6 is 27.3 Å². The smallest absolute Gasteiger partial charge is 0.292 e. The van der Waals surface area contributed by atoms with Gasteiger partial charge in [-0.15, -0.1) is 11.3 Å². The van der Waals surface area contributed by atoms with Gasteiger partial charge in [0.2, 0.25) is 5.71 Å². The van der Waals surface area contributed by atoms with Crippen LogP contribution in [0.1, 0.15) is 15.2 Å². The van der Waals surface area contributed by atoms with Crippen LogP contribution in [0, 0.1) is 0 Å². The third-order valence-corrected chi connectivity index (χ3v) is 4.17. The molecule has 0 aliphatic carbocycles. The molecule has 0 radical (unpaired) electrons. The molecule has 1 heterocycles. The molecule has 1 N–H and O–H groups in total. The van der Waals surface area contributed by atoms with Crippen molar-refractivity contribution in [3.63, 3.8) is 0 Å². The molecule has 4 nitrogen and oxygen atoms in total. The van der Waals surface area contributed by atoms with E-state index in [9.17, 15) is 22.8 Å². The highest BCUT2D eigenvalue weighted by atomic mass is 79.9. The van der Waals surface area contributed by atoms with Gasteiger partial charge >= 0.3 is 6.18 Å². The molecule has 1 aromatic heterocycles. The van der Waals surface area contributed by atoms with E-state index in [0.29, 0.717) is 9.35 Å². The standard InChI is InChI=1S/C15H10BrF3N2O2S/c16-10-4-1-3-9(7-10)14(23)21-20-13(15(17,18)19)12(22)8-11-5-2-6-24-11/h1-7H,8H2,(H,21,23)/b20-13-. The number of nitrogens with one attached hydrogen (secondary N) is 1. The Morgan fingerprint density at radius 1 is 1.21 bits per heavy atom. The highest BCUT2D eigenvalue weighted by molar-refractivity contribution is 9.10. The topological polar surface area (TPSA) is 58.5 Å². The molecule has 0 aliphatic heterocycles. The van der Waals surface area contributed by atoms with Crippen LogP contribution in [0.15, 0.2) is 51.4 Å². The van der Waals surface area contributed by atoms with Gasteiger partial charge in [-0.2, -0.15) is 18.3 Å². The summed E-state index contributed by atoms with van der Waals surface area (Å²) in [7, 11) is 0. The van der Waals surface area contributed by atoms with Gasteiger partial charge in [0.25, 0.3) is 5.91 Å². The fraction of sp³-hybridized carbons (Fsp3) is 0.133. The second-order valence-electron chi connectivity index (χ2n) is 4.59. The minimum Gasteiger partial charge on any atom is -0.292 e. The monoisotopic (exact) mass is 418 g/mol. The van der Waals surface area contributed by atoms with Crippen molar-refractivity contribution >= 4 is 44.7 Å². The van der Waals surface area contributed by atoms with E-state index in [2.05, 4.69) is 21.0 Å². The Kier molecular flexibility index (Phi) is 5.89. The zero-order valence-electron chi connectivity index (χ0n) is 11.9. The van der Waals surface area contributed by atoms with Gasteiger partial charge in [0, 0.05) is 21.3 Å². The quantitative estimate of drug-likeness (QED) is 0.589. The number of hydrogen-bond donors (Lipinski definition) is 1. The molecule has 0 bridgehead atoms. The van der Waals surface area contributed by atoms with Crippen molar-refractivity contribution in [3.05, 3.63) is 56.7 Å². The molecule has 0 fully saturated rings. The zero-order chi connectivity index (χ0) is 17.7. The Hall–Kier alpha value is -2.00. The van der Waals surface area contributed by atoms with Crippen molar-refractivity contribution in [3.8, 4) is 0 Å². The van der Waals surface area contributed by atoms with E-state index in [-0.39, 0.29) is 5.56 Å². The summed E-state index contributed by atoms with van der Waals surface area (Å²) in [5.41, 5.74) is 0.256.